The molecule has 1 aromatic heterocycles. The van der Waals surface area contributed by atoms with Gasteiger partial charge in [-0.05, 0) is 42.0 Å². The molecule has 0 N–H and O–H groups in total. The monoisotopic (exact) mass is 290 g/mol. The van der Waals surface area contributed by atoms with Crippen LogP contribution in [0.25, 0.3) is 16.8 Å². The first kappa shape index (κ1) is 14.5. The molecule has 0 unspecified atom stereocenters. The number of Topliss-reactive ketones (excluding diaryl/α,β-unsaturated/α-hetero) is 1. The number of allylic oxidation sites excluding steroid dienone is 1. The van der Waals surface area contributed by atoms with Crippen LogP contribution < -0.4 is 0 Å². The highest BCUT2D eigenvalue weighted by atomic mass is 16.1. The van der Waals surface area contributed by atoms with E-state index in [9.17, 15) is 10.1 Å². The van der Waals surface area contributed by atoms with Gasteiger partial charge in [0.05, 0.1) is 5.57 Å². The largest absolute Gasteiger partial charge is 0.293 e. The Bertz CT molecular complexity index is 764. The van der Waals surface area contributed by atoms with Crippen LogP contribution in [0.5, 0.6) is 0 Å². The quantitative estimate of drug-likeness (QED) is 0.626. The van der Waals surface area contributed by atoms with Gasteiger partial charge in [0.2, 0.25) is 0 Å². The van der Waals surface area contributed by atoms with Crippen molar-refractivity contribution in [1.82, 2.24) is 4.98 Å². The number of hydrogen-bond acceptors (Lipinski definition) is 3. The molecular formula is C19H18N2O. The van der Waals surface area contributed by atoms with E-state index in [1.165, 1.54) is 6.42 Å². The number of rotatable bonds is 3. The summed E-state index contributed by atoms with van der Waals surface area (Å²) in [5, 5.41) is 11.5. The Morgan fingerprint density at radius 3 is 2.77 bits per heavy atom. The highest BCUT2D eigenvalue weighted by Gasteiger charge is 2.23. The van der Waals surface area contributed by atoms with Crippen LogP contribution in [0.4, 0.5) is 0 Å². The minimum Gasteiger partial charge on any atom is -0.293 e. The molecule has 1 aliphatic rings. The molecule has 3 heteroatoms. The third kappa shape index (κ3) is 3.07. The summed E-state index contributed by atoms with van der Waals surface area (Å²) >= 11 is 0. The number of fused-ring (bicyclic) bond motifs is 1. The Kier molecular flexibility index (Phi) is 4.29. The summed E-state index contributed by atoms with van der Waals surface area (Å²) in [7, 11) is 0. The van der Waals surface area contributed by atoms with Gasteiger partial charge in [-0.2, -0.15) is 5.26 Å². The zero-order chi connectivity index (χ0) is 15.4. The van der Waals surface area contributed by atoms with Crippen molar-refractivity contribution in [3.63, 3.8) is 0 Å². The second-order valence-electron chi connectivity index (χ2n) is 5.85. The second-order valence-corrected chi connectivity index (χ2v) is 5.85. The number of hydrogen-bond donors (Lipinski definition) is 0. The Morgan fingerprint density at radius 2 is 2.00 bits per heavy atom. The van der Waals surface area contributed by atoms with E-state index in [1.54, 1.807) is 18.5 Å². The molecule has 110 valence electrons. The van der Waals surface area contributed by atoms with Crippen molar-refractivity contribution < 1.29 is 4.79 Å². The lowest BCUT2D eigenvalue weighted by Crippen LogP contribution is -2.18. The summed E-state index contributed by atoms with van der Waals surface area (Å²) in [6, 6.07) is 9.93. The summed E-state index contributed by atoms with van der Waals surface area (Å²) in [6.45, 7) is 0. The van der Waals surface area contributed by atoms with Crippen LogP contribution in [0.2, 0.25) is 0 Å². The number of nitriles is 1. The third-order valence-corrected chi connectivity index (χ3v) is 4.34. The molecule has 1 saturated carbocycles. The number of pyridine rings is 1. The SMILES string of the molecule is N#C/C(=C/c1ccc2ccncc2c1)C(=O)C1CCCCC1. The van der Waals surface area contributed by atoms with Gasteiger partial charge in [0, 0.05) is 23.7 Å². The van der Waals surface area contributed by atoms with Crippen LogP contribution in [0.1, 0.15) is 37.7 Å². The highest BCUT2D eigenvalue weighted by molar-refractivity contribution is 6.05. The van der Waals surface area contributed by atoms with Crippen LogP contribution in [0.3, 0.4) is 0 Å². The second kappa shape index (κ2) is 6.53. The zero-order valence-electron chi connectivity index (χ0n) is 12.5. The average Bonchev–Trinajstić information content (AvgIpc) is 2.59. The van der Waals surface area contributed by atoms with Crippen LogP contribution >= 0.6 is 0 Å². The number of carbonyl (C=O) groups excluding carboxylic acids is 1. The maximum absolute atomic E-state index is 12.5. The maximum Gasteiger partial charge on any atom is 0.176 e. The van der Waals surface area contributed by atoms with Gasteiger partial charge in [0.1, 0.15) is 6.07 Å². The lowest BCUT2D eigenvalue weighted by Gasteiger charge is -2.19. The molecule has 1 heterocycles. The zero-order valence-corrected chi connectivity index (χ0v) is 12.5. The Hall–Kier alpha value is -2.47. The summed E-state index contributed by atoms with van der Waals surface area (Å²) in [5.74, 6) is 0.0373. The minimum absolute atomic E-state index is 0.00786. The van der Waals surface area contributed by atoms with Crippen molar-refractivity contribution in [3.05, 3.63) is 47.8 Å². The number of ketones is 1. The van der Waals surface area contributed by atoms with Gasteiger partial charge in [-0.1, -0.05) is 31.4 Å². The molecular weight excluding hydrogens is 272 g/mol. The van der Waals surface area contributed by atoms with Crippen molar-refractivity contribution in [2.75, 3.05) is 0 Å². The van der Waals surface area contributed by atoms with Gasteiger partial charge in [-0.3, -0.25) is 9.78 Å². The van der Waals surface area contributed by atoms with Gasteiger partial charge in [-0.25, -0.2) is 0 Å². The van der Waals surface area contributed by atoms with Crippen molar-refractivity contribution in [2.24, 2.45) is 5.92 Å². The topological polar surface area (TPSA) is 53.8 Å². The summed E-state index contributed by atoms with van der Waals surface area (Å²) in [4.78, 5) is 16.6. The summed E-state index contributed by atoms with van der Waals surface area (Å²) in [6.07, 6.45) is 10.5. The van der Waals surface area contributed by atoms with Crippen LogP contribution in [0, 0.1) is 17.2 Å². The van der Waals surface area contributed by atoms with Crippen molar-refractivity contribution in [2.45, 2.75) is 32.1 Å². The Labute approximate surface area is 130 Å². The minimum atomic E-state index is 0.00786. The Balaban J connectivity index is 1.89. The smallest absolute Gasteiger partial charge is 0.176 e. The molecule has 22 heavy (non-hydrogen) atoms. The molecule has 0 aliphatic heterocycles. The van der Waals surface area contributed by atoms with Gasteiger partial charge < -0.3 is 0 Å². The fourth-order valence-corrected chi connectivity index (χ4v) is 3.10. The summed E-state index contributed by atoms with van der Waals surface area (Å²) in [5.41, 5.74) is 1.15. The fourth-order valence-electron chi connectivity index (χ4n) is 3.10. The van der Waals surface area contributed by atoms with Crippen LogP contribution in [-0.2, 0) is 4.79 Å². The van der Waals surface area contributed by atoms with Gasteiger partial charge in [0.15, 0.2) is 5.78 Å². The fraction of sp³-hybridized carbons (Fsp3) is 0.316. The van der Waals surface area contributed by atoms with E-state index in [4.69, 9.17) is 0 Å². The van der Waals surface area contributed by atoms with E-state index in [2.05, 4.69) is 11.1 Å². The first-order valence-electron chi connectivity index (χ1n) is 7.78. The first-order chi connectivity index (χ1) is 10.8. The first-order valence-corrected chi connectivity index (χ1v) is 7.78. The predicted octanol–water partition coefficient (Wildman–Crippen LogP) is 4.29. The van der Waals surface area contributed by atoms with Crippen LogP contribution in [0.15, 0.2) is 42.2 Å². The molecule has 0 saturated heterocycles. The normalized spacial score (nSPS) is 16.4. The number of benzene rings is 1. The lowest BCUT2D eigenvalue weighted by atomic mass is 9.83. The molecule has 1 aromatic carbocycles. The molecule has 3 nitrogen and oxygen atoms in total. The van der Waals surface area contributed by atoms with Gasteiger partial charge in [0.25, 0.3) is 0 Å². The third-order valence-electron chi connectivity index (χ3n) is 4.34. The molecule has 0 bridgehead atoms. The summed E-state index contributed by atoms with van der Waals surface area (Å²) < 4.78 is 0. The van der Waals surface area contributed by atoms with E-state index in [-0.39, 0.29) is 17.3 Å². The van der Waals surface area contributed by atoms with Crippen molar-refractivity contribution in [3.8, 4) is 6.07 Å². The van der Waals surface area contributed by atoms with E-state index in [1.807, 2.05) is 24.3 Å². The average molecular weight is 290 g/mol. The van der Waals surface area contributed by atoms with E-state index in [0.717, 1.165) is 42.0 Å². The predicted molar refractivity (Wildman–Crippen MR) is 86.9 cm³/mol. The van der Waals surface area contributed by atoms with Crippen molar-refractivity contribution >= 4 is 22.6 Å². The number of nitrogens with zero attached hydrogens (tertiary/aromatic N) is 2. The molecule has 1 aliphatic carbocycles. The van der Waals surface area contributed by atoms with Crippen molar-refractivity contribution in [1.29, 1.82) is 5.26 Å². The standard InChI is InChI=1S/C19H18N2O/c20-12-17(19(22)16-4-2-1-3-5-16)10-14-6-7-15-8-9-21-13-18(15)11-14/h6-11,13,16H,1-5H2/b17-10-. The molecule has 0 radical (unpaired) electrons. The number of carbonyl (C=O) groups is 1. The van der Waals surface area contributed by atoms with E-state index >= 15 is 0 Å². The maximum atomic E-state index is 12.5. The molecule has 3 rings (SSSR count). The van der Waals surface area contributed by atoms with E-state index < -0.39 is 0 Å². The lowest BCUT2D eigenvalue weighted by molar-refractivity contribution is -0.119. The molecule has 0 amide bonds. The molecule has 0 atom stereocenters. The molecule has 2 aromatic rings. The molecule has 0 spiro atoms. The van der Waals surface area contributed by atoms with Gasteiger partial charge >= 0.3 is 0 Å². The Morgan fingerprint density at radius 1 is 1.18 bits per heavy atom. The van der Waals surface area contributed by atoms with E-state index in [0.29, 0.717) is 0 Å². The highest BCUT2D eigenvalue weighted by Crippen LogP contribution is 2.27. The van der Waals surface area contributed by atoms with Crippen LogP contribution in [-0.4, -0.2) is 10.8 Å². The van der Waals surface area contributed by atoms with Gasteiger partial charge in [-0.15, -0.1) is 0 Å². The molecule has 1 fully saturated rings. The number of aromatic nitrogens is 1.